The number of rotatable bonds is 10. The average Bonchev–Trinajstić information content (AvgIpc) is 3.56. The molecular weight excluding hydrogens is 480 g/mol. The van der Waals surface area contributed by atoms with Crippen molar-refractivity contribution >= 4 is 17.7 Å². The van der Waals surface area contributed by atoms with Gasteiger partial charge in [0.1, 0.15) is 23.5 Å². The molecule has 10 heteroatoms. The van der Waals surface area contributed by atoms with Crippen LogP contribution in [0.5, 0.6) is 0 Å². The smallest absolute Gasteiger partial charge is 0.243 e. The van der Waals surface area contributed by atoms with E-state index in [2.05, 4.69) is 20.6 Å². The van der Waals surface area contributed by atoms with Gasteiger partial charge in [-0.05, 0) is 57.6 Å². The Hall–Kier alpha value is -3.30. The third kappa shape index (κ3) is 7.14. The predicted octanol–water partition coefficient (Wildman–Crippen LogP) is 4.00. The Morgan fingerprint density at radius 3 is 2.65 bits per heavy atom. The summed E-state index contributed by atoms with van der Waals surface area (Å²) in [5, 5.41) is 5.59. The molecule has 2 aliphatic rings. The number of H-pyrrole nitrogens is 1. The predicted molar refractivity (Wildman–Crippen MR) is 134 cm³/mol. The number of carbonyl (C=O) groups is 3. The number of nitrogens with zero attached hydrogens (tertiary/aromatic N) is 2. The van der Waals surface area contributed by atoms with Crippen LogP contribution in [0.1, 0.15) is 77.1 Å². The Kier molecular flexibility index (Phi) is 8.56. The van der Waals surface area contributed by atoms with Gasteiger partial charge < -0.3 is 20.5 Å². The minimum absolute atomic E-state index is 0.0999. The molecule has 8 nitrogen and oxygen atoms in total. The van der Waals surface area contributed by atoms with Crippen LogP contribution in [0, 0.1) is 17.6 Å². The number of amides is 3. The molecule has 2 fully saturated rings. The number of halogens is 2. The van der Waals surface area contributed by atoms with E-state index in [1.165, 1.54) is 12.3 Å². The summed E-state index contributed by atoms with van der Waals surface area (Å²) >= 11 is 0. The molecule has 37 heavy (non-hydrogen) atoms. The normalized spacial score (nSPS) is 19.2. The standard InChI is InChI=1S/C27H35F2N5O3/c1-16-5-3-4-12-34(16)25(36)14-22(32-24(35)11-8-18-6-7-18)27(37)31-17(2)26-30-15-23(33-26)20-10-9-19(28)13-21(20)29/h9-10,13,15-18,22H,3-8,11-12,14H2,1-2H3,(H,30,33)(H,31,37)(H,32,35)/t16?,17-,22?/m0/s1. The zero-order chi connectivity index (χ0) is 26.5. The largest absolute Gasteiger partial charge is 0.345 e. The molecule has 200 valence electrons. The van der Waals surface area contributed by atoms with Gasteiger partial charge in [-0.1, -0.05) is 12.8 Å². The number of carbonyl (C=O) groups excluding carboxylic acids is 3. The topological polar surface area (TPSA) is 107 Å². The summed E-state index contributed by atoms with van der Waals surface area (Å²) in [5.41, 5.74) is 0.494. The molecule has 1 saturated carbocycles. The van der Waals surface area contributed by atoms with Crippen LogP contribution in [0.15, 0.2) is 24.4 Å². The van der Waals surface area contributed by atoms with Gasteiger partial charge in [-0.2, -0.15) is 0 Å². The van der Waals surface area contributed by atoms with Gasteiger partial charge in [0.05, 0.1) is 24.4 Å². The maximum Gasteiger partial charge on any atom is 0.243 e. The number of likely N-dealkylation sites (tertiary alicyclic amines) is 1. The Morgan fingerprint density at radius 2 is 1.95 bits per heavy atom. The Bertz CT molecular complexity index is 1130. The van der Waals surface area contributed by atoms with Crippen LogP contribution in [0.2, 0.25) is 0 Å². The van der Waals surface area contributed by atoms with Crippen molar-refractivity contribution in [2.75, 3.05) is 6.54 Å². The minimum Gasteiger partial charge on any atom is -0.345 e. The maximum absolute atomic E-state index is 14.2. The molecule has 2 heterocycles. The van der Waals surface area contributed by atoms with E-state index in [4.69, 9.17) is 0 Å². The molecule has 3 atom stereocenters. The van der Waals surface area contributed by atoms with Crippen LogP contribution >= 0.6 is 0 Å². The maximum atomic E-state index is 14.2. The van der Waals surface area contributed by atoms with E-state index in [1.54, 1.807) is 11.8 Å². The Morgan fingerprint density at radius 1 is 1.16 bits per heavy atom. The molecule has 1 aromatic heterocycles. The molecule has 4 rings (SSSR count). The van der Waals surface area contributed by atoms with Crippen molar-refractivity contribution in [3.8, 4) is 11.3 Å². The van der Waals surface area contributed by atoms with Crippen molar-refractivity contribution in [3.05, 3.63) is 41.9 Å². The summed E-state index contributed by atoms with van der Waals surface area (Å²) in [4.78, 5) is 47.9. The molecule has 0 radical (unpaired) electrons. The lowest BCUT2D eigenvalue weighted by Gasteiger charge is -2.34. The van der Waals surface area contributed by atoms with E-state index in [9.17, 15) is 23.2 Å². The first-order valence-electron chi connectivity index (χ1n) is 13.1. The van der Waals surface area contributed by atoms with Crippen molar-refractivity contribution < 1.29 is 23.2 Å². The first kappa shape index (κ1) is 26.8. The van der Waals surface area contributed by atoms with Gasteiger partial charge in [0, 0.05) is 30.6 Å². The monoisotopic (exact) mass is 515 g/mol. The lowest BCUT2D eigenvalue weighted by molar-refractivity contribution is -0.138. The minimum atomic E-state index is -1.01. The second-order valence-corrected chi connectivity index (χ2v) is 10.3. The summed E-state index contributed by atoms with van der Waals surface area (Å²) in [6.45, 7) is 4.35. The number of benzene rings is 1. The number of hydrogen-bond donors (Lipinski definition) is 3. The molecule has 1 aliphatic carbocycles. The van der Waals surface area contributed by atoms with E-state index in [1.807, 2.05) is 6.92 Å². The van der Waals surface area contributed by atoms with Crippen LogP contribution in [0.25, 0.3) is 11.3 Å². The van der Waals surface area contributed by atoms with Gasteiger partial charge >= 0.3 is 0 Å². The molecule has 1 saturated heterocycles. The Balaban J connectivity index is 1.42. The summed E-state index contributed by atoms with van der Waals surface area (Å²) < 4.78 is 27.4. The first-order chi connectivity index (χ1) is 17.7. The van der Waals surface area contributed by atoms with Crippen molar-refractivity contribution in [3.63, 3.8) is 0 Å². The van der Waals surface area contributed by atoms with Gasteiger partial charge in [0.2, 0.25) is 17.7 Å². The van der Waals surface area contributed by atoms with E-state index >= 15 is 0 Å². The molecule has 0 bridgehead atoms. The second kappa shape index (κ2) is 11.8. The molecule has 1 aromatic carbocycles. The third-order valence-electron chi connectivity index (χ3n) is 7.22. The quantitative estimate of drug-likeness (QED) is 0.445. The summed E-state index contributed by atoms with van der Waals surface area (Å²) in [5.74, 6) is -1.36. The zero-order valence-corrected chi connectivity index (χ0v) is 21.4. The lowest BCUT2D eigenvalue weighted by Crippen LogP contribution is -2.51. The molecule has 1 aliphatic heterocycles. The summed E-state index contributed by atoms with van der Waals surface area (Å²) in [7, 11) is 0. The number of hydrogen-bond acceptors (Lipinski definition) is 4. The Labute approximate surface area is 215 Å². The molecule has 3 amide bonds. The molecule has 0 spiro atoms. The van der Waals surface area contributed by atoms with Crippen LogP contribution < -0.4 is 10.6 Å². The summed E-state index contributed by atoms with van der Waals surface area (Å²) in [6.07, 6.45) is 7.56. The van der Waals surface area contributed by atoms with Crippen LogP contribution in [-0.2, 0) is 14.4 Å². The highest BCUT2D eigenvalue weighted by atomic mass is 19.1. The lowest BCUT2D eigenvalue weighted by atomic mass is 10.0. The highest BCUT2D eigenvalue weighted by Gasteiger charge is 2.31. The van der Waals surface area contributed by atoms with E-state index in [0.29, 0.717) is 30.4 Å². The van der Waals surface area contributed by atoms with Gasteiger partial charge in [-0.15, -0.1) is 0 Å². The highest BCUT2D eigenvalue weighted by molar-refractivity contribution is 5.92. The van der Waals surface area contributed by atoms with Crippen molar-refractivity contribution in [2.45, 2.75) is 83.3 Å². The summed E-state index contributed by atoms with van der Waals surface area (Å²) in [6, 6.07) is 1.73. The van der Waals surface area contributed by atoms with E-state index < -0.39 is 29.6 Å². The van der Waals surface area contributed by atoms with E-state index in [0.717, 1.165) is 50.7 Å². The van der Waals surface area contributed by atoms with Crippen molar-refractivity contribution in [1.82, 2.24) is 25.5 Å². The fourth-order valence-electron chi connectivity index (χ4n) is 4.76. The van der Waals surface area contributed by atoms with Gasteiger partial charge in [0.15, 0.2) is 0 Å². The van der Waals surface area contributed by atoms with Gasteiger partial charge in [-0.25, -0.2) is 13.8 Å². The molecule has 2 unspecified atom stereocenters. The number of piperidine rings is 1. The zero-order valence-electron chi connectivity index (χ0n) is 21.4. The van der Waals surface area contributed by atoms with Crippen molar-refractivity contribution in [1.29, 1.82) is 0 Å². The number of nitrogens with one attached hydrogen (secondary N) is 3. The van der Waals surface area contributed by atoms with Crippen molar-refractivity contribution in [2.24, 2.45) is 5.92 Å². The molecule has 2 aromatic rings. The van der Waals surface area contributed by atoms with Crippen LogP contribution in [0.3, 0.4) is 0 Å². The van der Waals surface area contributed by atoms with Gasteiger partial charge in [-0.3, -0.25) is 14.4 Å². The number of imidazole rings is 1. The average molecular weight is 516 g/mol. The SMILES string of the molecule is CC1CCCCN1C(=O)CC(NC(=O)CCC1CC1)C(=O)N[C@@H](C)c1ncc(-c2ccc(F)cc2F)[nH]1. The highest BCUT2D eigenvalue weighted by Crippen LogP contribution is 2.33. The fraction of sp³-hybridized carbons (Fsp3) is 0.556. The molecule has 3 N–H and O–H groups in total. The number of aromatic amines is 1. The molecular formula is C27H35F2N5O3. The fourth-order valence-corrected chi connectivity index (χ4v) is 4.76. The van der Waals surface area contributed by atoms with E-state index in [-0.39, 0.29) is 29.8 Å². The van der Waals surface area contributed by atoms with Crippen LogP contribution in [-0.4, -0.2) is 51.2 Å². The first-order valence-corrected chi connectivity index (χ1v) is 13.1. The van der Waals surface area contributed by atoms with Gasteiger partial charge in [0.25, 0.3) is 0 Å². The number of aromatic nitrogens is 2. The second-order valence-electron chi connectivity index (χ2n) is 10.3. The third-order valence-corrected chi connectivity index (χ3v) is 7.22. The van der Waals surface area contributed by atoms with Crippen LogP contribution in [0.4, 0.5) is 8.78 Å².